The maximum absolute atomic E-state index is 12.4. The number of H-pyrrole nitrogens is 1. The summed E-state index contributed by atoms with van der Waals surface area (Å²) < 4.78 is 27.3. The molecule has 2 heterocycles. The number of aromatic nitrogens is 1. The summed E-state index contributed by atoms with van der Waals surface area (Å²) in [7, 11) is -4.15. The number of sulfonamides is 1. The number of hydrogen-bond acceptors (Lipinski definition) is 8. The van der Waals surface area contributed by atoms with Gasteiger partial charge in [0.2, 0.25) is 5.75 Å². The number of carboxylic acid groups (broad SMARTS) is 1. The molecule has 1 atom stereocenters. The Balaban J connectivity index is 2.00. The molecule has 2 aromatic heterocycles. The Hall–Kier alpha value is -2.48. The van der Waals surface area contributed by atoms with Crippen molar-refractivity contribution in [2.24, 2.45) is 0 Å². The molecule has 0 spiro atoms. The maximum atomic E-state index is 12.4. The van der Waals surface area contributed by atoms with E-state index in [1.807, 2.05) is 0 Å². The van der Waals surface area contributed by atoms with Gasteiger partial charge in [0, 0.05) is 17.4 Å². The number of phenols is 3. The Morgan fingerprint density at radius 2 is 1.89 bits per heavy atom. The summed E-state index contributed by atoms with van der Waals surface area (Å²) in [5.41, 5.74) is -0.208. The molecule has 3 rings (SSSR count). The van der Waals surface area contributed by atoms with Gasteiger partial charge in [0.05, 0.1) is 9.30 Å². The molecule has 1 aromatic carbocycles. The van der Waals surface area contributed by atoms with Crippen molar-refractivity contribution in [2.75, 3.05) is 0 Å². The van der Waals surface area contributed by atoms with Crippen LogP contribution in [0.1, 0.15) is 5.56 Å². The normalized spacial score (nSPS) is 13.0. The molecule has 7 N–H and O–H groups in total. The van der Waals surface area contributed by atoms with Crippen molar-refractivity contribution >= 4 is 54.2 Å². The Labute approximate surface area is 169 Å². The summed E-state index contributed by atoms with van der Waals surface area (Å²) in [6, 6.07) is 2.16. The lowest BCUT2D eigenvalue weighted by Crippen LogP contribution is -2.42. The lowest BCUT2D eigenvalue weighted by Gasteiger charge is -2.14. The van der Waals surface area contributed by atoms with Gasteiger partial charge in [-0.2, -0.15) is 4.72 Å². The van der Waals surface area contributed by atoms with E-state index in [2.05, 4.69) is 25.6 Å². The topological polar surface area (TPSA) is 180 Å². The van der Waals surface area contributed by atoms with E-state index in [-0.39, 0.29) is 20.7 Å². The van der Waals surface area contributed by atoms with E-state index in [4.69, 9.17) is 0 Å². The summed E-state index contributed by atoms with van der Waals surface area (Å²) in [6.07, 6.45) is -0.503. The minimum Gasteiger partial charge on any atom is -0.504 e. The van der Waals surface area contributed by atoms with E-state index in [1.165, 1.54) is 12.1 Å². The van der Waals surface area contributed by atoms with Crippen LogP contribution in [0.25, 0.3) is 10.9 Å². The van der Waals surface area contributed by atoms with Crippen molar-refractivity contribution in [2.45, 2.75) is 16.7 Å². The summed E-state index contributed by atoms with van der Waals surface area (Å²) in [5, 5.41) is 48.7. The van der Waals surface area contributed by atoms with Crippen molar-refractivity contribution < 1.29 is 38.7 Å². The highest BCUT2D eigenvalue weighted by Crippen LogP contribution is 2.44. The van der Waals surface area contributed by atoms with Gasteiger partial charge < -0.3 is 30.5 Å². The predicted octanol–water partition coefficient (Wildman–Crippen LogP) is 1.79. The number of rotatable bonds is 6. The van der Waals surface area contributed by atoms with Gasteiger partial charge in [0.15, 0.2) is 17.4 Å². The van der Waals surface area contributed by atoms with E-state index in [1.54, 1.807) is 0 Å². The fourth-order valence-corrected chi connectivity index (χ4v) is 5.82. The lowest BCUT2D eigenvalue weighted by molar-refractivity contribution is -0.138. The second-order valence-corrected chi connectivity index (χ2v) is 10.1. The number of phenolic OH excluding ortho intramolecular Hbond substituents is 3. The first-order valence-electron chi connectivity index (χ1n) is 7.49. The van der Waals surface area contributed by atoms with Gasteiger partial charge in [-0.05, 0) is 34.1 Å². The third kappa shape index (κ3) is 3.61. The lowest BCUT2D eigenvalue weighted by atomic mass is 10.0. The highest BCUT2D eigenvalue weighted by molar-refractivity contribution is 9.11. The number of fused-ring (bicyclic) bond motifs is 1. The number of nitrogens with one attached hydrogen (secondary N) is 2. The van der Waals surface area contributed by atoms with Crippen LogP contribution in [0, 0.1) is 0 Å². The van der Waals surface area contributed by atoms with Gasteiger partial charge in [-0.15, -0.1) is 11.3 Å². The van der Waals surface area contributed by atoms with Crippen molar-refractivity contribution in [3.8, 4) is 23.1 Å². The van der Waals surface area contributed by atoms with Gasteiger partial charge >= 0.3 is 5.97 Å². The van der Waals surface area contributed by atoms with Crippen LogP contribution < -0.4 is 4.72 Å². The average Bonchev–Trinajstić information content (AvgIpc) is 3.17. The molecular weight excluding hydrogens is 480 g/mol. The minimum absolute atomic E-state index is 0.0228. The smallest absolute Gasteiger partial charge is 0.322 e. The molecule has 0 amide bonds. The average molecular weight is 493 g/mol. The molecule has 1 unspecified atom stereocenters. The molecule has 0 saturated heterocycles. The quantitative estimate of drug-likeness (QED) is 0.254. The highest BCUT2D eigenvalue weighted by Gasteiger charge is 2.29. The molecule has 0 bridgehead atoms. The first-order valence-corrected chi connectivity index (χ1v) is 10.6. The molecule has 0 aliphatic heterocycles. The molecule has 0 aliphatic carbocycles. The number of aromatic hydroxyl groups is 4. The molecule has 0 saturated carbocycles. The van der Waals surface area contributed by atoms with E-state index in [0.717, 1.165) is 17.4 Å². The van der Waals surface area contributed by atoms with E-state index >= 15 is 0 Å². The standard InChI is InChI=1S/C15H13BrN2O8S2/c16-9-1-2-10(27-9)28(25,26)18-7(15(23)24)3-6-5-4-8(19)12(20)13(21)11(5)17-14(6)22/h1-2,4,7,17-22H,3H2,(H,23,24). The number of halogens is 1. The van der Waals surface area contributed by atoms with E-state index in [0.29, 0.717) is 3.79 Å². The van der Waals surface area contributed by atoms with Crippen molar-refractivity contribution in [3.05, 3.63) is 27.5 Å². The number of carbonyl (C=O) groups is 1. The van der Waals surface area contributed by atoms with Crippen LogP contribution in [-0.4, -0.2) is 50.9 Å². The number of benzene rings is 1. The zero-order valence-electron chi connectivity index (χ0n) is 13.7. The summed E-state index contributed by atoms with van der Waals surface area (Å²) in [5.74, 6) is -4.30. The van der Waals surface area contributed by atoms with Crippen LogP contribution in [0.15, 0.2) is 26.2 Å². The second kappa shape index (κ2) is 7.16. The molecule has 0 aliphatic rings. The van der Waals surface area contributed by atoms with Gasteiger partial charge in [-0.1, -0.05) is 0 Å². The van der Waals surface area contributed by atoms with Crippen LogP contribution in [0.5, 0.6) is 23.1 Å². The number of aromatic amines is 1. The largest absolute Gasteiger partial charge is 0.504 e. The van der Waals surface area contributed by atoms with Crippen LogP contribution >= 0.6 is 27.3 Å². The van der Waals surface area contributed by atoms with Gasteiger partial charge in [0.25, 0.3) is 10.0 Å². The molecule has 0 fully saturated rings. The van der Waals surface area contributed by atoms with Crippen molar-refractivity contribution in [1.29, 1.82) is 0 Å². The summed E-state index contributed by atoms with van der Waals surface area (Å²) in [4.78, 5) is 14.0. The van der Waals surface area contributed by atoms with E-state index < -0.39 is 51.6 Å². The van der Waals surface area contributed by atoms with Crippen LogP contribution in [0.3, 0.4) is 0 Å². The number of hydrogen-bond donors (Lipinski definition) is 7. The Bertz CT molecular complexity index is 1180. The first-order chi connectivity index (χ1) is 13.0. The number of thiophene rings is 1. The third-order valence-corrected chi connectivity index (χ3v) is 7.51. The molecule has 28 heavy (non-hydrogen) atoms. The molecular formula is C15H13BrN2O8S2. The zero-order chi connectivity index (χ0) is 20.8. The van der Waals surface area contributed by atoms with Gasteiger partial charge in [-0.25, -0.2) is 8.42 Å². The Morgan fingerprint density at radius 3 is 2.46 bits per heavy atom. The summed E-state index contributed by atoms with van der Waals surface area (Å²) in [6.45, 7) is 0. The molecule has 150 valence electrons. The van der Waals surface area contributed by atoms with Crippen LogP contribution in [-0.2, 0) is 21.2 Å². The van der Waals surface area contributed by atoms with Gasteiger partial charge in [0.1, 0.15) is 10.3 Å². The minimum atomic E-state index is -4.15. The van der Waals surface area contributed by atoms with Crippen molar-refractivity contribution in [3.63, 3.8) is 0 Å². The van der Waals surface area contributed by atoms with Gasteiger partial charge in [-0.3, -0.25) is 4.79 Å². The maximum Gasteiger partial charge on any atom is 0.322 e. The second-order valence-electron chi connectivity index (χ2n) is 5.74. The molecule has 10 nitrogen and oxygen atoms in total. The Kier molecular flexibility index (Phi) is 5.18. The molecule has 3 aromatic rings. The number of carboxylic acids is 1. The van der Waals surface area contributed by atoms with E-state index in [9.17, 15) is 38.7 Å². The fraction of sp³-hybridized carbons (Fsp3) is 0.133. The number of aliphatic carboxylic acids is 1. The third-order valence-electron chi connectivity index (χ3n) is 3.93. The Morgan fingerprint density at radius 1 is 1.21 bits per heavy atom. The van der Waals surface area contributed by atoms with Crippen molar-refractivity contribution in [1.82, 2.24) is 9.71 Å². The highest BCUT2D eigenvalue weighted by atomic mass is 79.9. The zero-order valence-corrected chi connectivity index (χ0v) is 16.9. The van der Waals surface area contributed by atoms with Crippen LogP contribution in [0.2, 0.25) is 0 Å². The monoisotopic (exact) mass is 492 g/mol. The molecule has 0 radical (unpaired) electrons. The molecule has 13 heteroatoms. The predicted molar refractivity (Wildman–Crippen MR) is 102 cm³/mol. The fourth-order valence-electron chi connectivity index (χ4n) is 2.61. The summed E-state index contributed by atoms with van der Waals surface area (Å²) >= 11 is 4.02. The SMILES string of the molecule is O=C(O)C(Cc1c(O)[nH]c2c(O)c(O)c(O)cc12)NS(=O)(=O)c1ccc(Br)s1. The van der Waals surface area contributed by atoms with Crippen LogP contribution in [0.4, 0.5) is 0 Å². The first kappa shape index (κ1) is 20.3.